The summed E-state index contributed by atoms with van der Waals surface area (Å²) in [4.78, 5) is 11.7. The van der Waals surface area contributed by atoms with Gasteiger partial charge in [0, 0.05) is 5.56 Å². The summed E-state index contributed by atoms with van der Waals surface area (Å²) in [5.41, 5.74) is 0.649. The van der Waals surface area contributed by atoms with Crippen LogP contribution in [-0.2, 0) is 16.0 Å². The molecule has 3 heteroatoms. The highest BCUT2D eigenvalue weighted by atomic mass is 16.5. The Labute approximate surface area is 122 Å². The predicted molar refractivity (Wildman–Crippen MR) is 80.9 cm³/mol. The molecule has 1 aromatic carbocycles. The maximum atomic E-state index is 11.7. The van der Waals surface area contributed by atoms with Gasteiger partial charge in [0.15, 0.2) is 0 Å². The van der Waals surface area contributed by atoms with Gasteiger partial charge in [-0.25, -0.2) is 0 Å². The highest BCUT2D eigenvalue weighted by Crippen LogP contribution is 2.30. The molecule has 0 saturated carbocycles. The lowest BCUT2D eigenvalue weighted by Gasteiger charge is -2.34. The van der Waals surface area contributed by atoms with E-state index < -0.39 is 0 Å². The van der Waals surface area contributed by atoms with Crippen LogP contribution in [0.5, 0.6) is 5.75 Å². The molecule has 0 aliphatic rings. The second-order valence-electron chi connectivity index (χ2n) is 5.51. The standard InChI is InChI=1S/C17H26O3/c1-6-17(5,13(3)4)20-15-11-9-8-10-14(15)12-16(18)19-7-2/h8-11,13H,6-7,12H2,1-5H3/t17-/m0/s1. The third-order valence-corrected chi connectivity index (χ3v) is 3.88. The molecule has 0 amide bonds. The number of carbonyl (C=O) groups excluding carboxylic acids is 1. The molecule has 0 spiro atoms. The molecule has 0 radical (unpaired) electrons. The van der Waals surface area contributed by atoms with E-state index in [1.165, 1.54) is 0 Å². The number of ether oxygens (including phenoxy) is 2. The van der Waals surface area contributed by atoms with Crippen LogP contribution in [-0.4, -0.2) is 18.2 Å². The normalized spacial score (nSPS) is 13.9. The minimum atomic E-state index is -0.231. The van der Waals surface area contributed by atoms with Crippen molar-refractivity contribution in [2.75, 3.05) is 6.61 Å². The first-order valence-corrected chi connectivity index (χ1v) is 7.35. The third-order valence-electron chi connectivity index (χ3n) is 3.88. The van der Waals surface area contributed by atoms with E-state index in [-0.39, 0.29) is 18.0 Å². The monoisotopic (exact) mass is 278 g/mol. The van der Waals surface area contributed by atoms with Crippen molar-refractivity contribution in [1.29, 1.82) is 0 Å². The van der Waals surface area contributed by atoms with Crippen molar-refractivity contribution >= 4 is 5.97 Å². The van der Waals surface area contributed by atoms with Crippen LogP contribution < -0.4 is 4.74 Å². The molecular weight excluding hydrogens is 252 g/mol. The molecule has 0 saturated heterocycles. The van der Waals surface area contributed by atoms with E-state index in [0.29, 0.717) is 12.5 Å². The zero-order valence-electron chi connectivity index (χ0n) is 13.2. The molecule has 0 aromatic heterocycles. The second kappa shape index (κ2) is 7.32. The first kappa shape index (κ1) is 16.5. The van der Waals surface area contributed by atoms with E-state index >= 15 is 0 Å². The Morgan fingerprint density at radius 2 is 1.90 bits per heavy atom. The Morgan fingerprint density at radius 1 is 1.25 bits per heavy atom. The fraction of sp³-hybridized carbons (Fsp3) is 0.588. The number of benzene rings is 1. The van der Waals surface area contributed by atoms with Crippen LogP contribution >= 0.6 is 0 Å². The van der Waals surface area contributed by atoms with Crippen LogP contribution in [0.4, 0.5) is 0 Å². The van der Waals surface area contributed by atoms with Crippen molar-refractivity contribution in [2.24, 2.45) is 5.92 Å². The van der Waals surface area contributed by atoms with Gasteiger partial charge >= 0.3 is 5.97 Å². The highest BCUT2D eigenvalue weighted by Gasteiger charge is 2.29. The molecule has 0 fully saturated rings. The van der Waals surface area contributed by atoms with Crippen LogP contribution in [0.2, 0.25) is 0 Å². The summed E-state index contributed by atoms with van der Waals surface area (Å²) in [6, 6.07) is 7.69. The molecule has 1 atom stereocenters. The molecule has 0 heterocycles. The zero-order chi connectivity index (χ0) is 15.2. The lowest BCUT2D eigenvalue weighted by molar-refractivity contribution is -0.142. The van der Waals surface area contributed by atoms with Gasteiger partial charge in [-0.15, -0.1) is 0 Å². The molecular formula is C17H26O3. The molecule has 0 aliphatic heterocycles. The molecule has 0 N–H and O–H groups in total. The van der Waals surface area contributed by atoms with E-state index in [4.69, 9.17) is 9.47 Å². The lowest BCUT2D eigenvalue weighted by Crippen LogP contribution is -2.37. The first-order valence-electron chi connectivity index (χ1n) is 7.35. The second-order valence-corrected chi connectivity index (χ2v) is 5.51. The van der Waals surface area contributed by atoms with E-state index in [1.54, 1.807) is 0 Å². The first-order chi connectivity index (χ1) is 9.42. The van der Waals surface area contributed by atoms with E-state index in [9.17, 15) is 4.79 Å². The summed E-state index contributed by atoms with van der Waals surface area (Å²) in [6.07, 6.45) is 1.17. The molecule has 112 valence electrons. The van der Waals surface area contributed by atoms with E-state index in [0.717, 1.165) is 17.7 Å². The largest absolute Gasteiger partial charge is 0.487 e. The van der Waals surface area contributed by atoms with Crippen molar-refractivity contribution in [1.82, 2.24) is 0 Å². The molecule has 0 unspecified atom stereocenters. The van der Waals surface area contributed by atoms with Gasteiger partial charge in [0.05, 0.1) is 13.0 Å². The molecule has 0 aliphatic carbocycles. The molecule has 20 heavy (non-hydrogen) atoms. The van der Waals surface area contributed by atoms with Gasteiger partial charge in [-0.3, -0.25) is 4.79 Å². The van der Waals surface area contributed by atoms with E-state index in [1.807, 2.05) is 31.2 Å². The average molecular weight is 278 g/mol. The van der Waals surface area contributed by atoms with E-state index in [2.05, 4.69) is 27.7 Å². The zero-order valence-corrected chi connectivity index (χ0v) is 13.2. The summed E-state index contributed by atoms with van der Waals surface area (Å²) in [5, 5.41) is 0. The highest BCUT2D eigenvalue weighted by molar-refractivity contribution is 5.73. The SMILES string of the molecule is CCOC(=O)Cc1ccccc1O[C@@](C)(CC)C(C)C. The minimum Gasteiger partial charge on any atom is -0.487 e. The Kier molecular flexibility index (Phi) is 6.05. The van der Waals surface area contributed by atoms with Gasteiger partial charge < -0.3 is 9.47 Å². The number of esters is 1. The Bertz CT molecular complexity index is 440. The molecule has 0 bridgehead atoms. The van der Waals surface area contributed by atoms with Gasteiger partial charge in [-0.2, -0.15) is 0 Å². The van der Waals surface area contributed by atoms with Crippen LogP contribution in [0.3, 0.4) is 0 Å². The molecule has 1 rings (SSSR count). The summed E-state index contributed by atoms with van der Waals surface area (Å²) in [6.45, 7) is 10.7. The van der Waals surface area contributed by atoms with Crippen molar-refractivity contribution < 1.29 is 14.3 Å². The number of carbonyl (C=O) groups is 1. The Hall–Kier alpha value is -1.51. The fourth-order valence-electron chi connectivity index (χ4n) is 1.97. The maximum absolute atomic E-state index is 11.7. The van der Waals surface area contributed by atoms with Crippen molar-refractivity contribution in [2.45, 2.75) is 53.1 Å². The number of para-hydroxylation sites is 1. The Morgan fingerprint density at radius 3 is 2.45 bits per heavy atom. The molecule has 1 aromatic rings. The minimum absolute atomic E-state index is 0.216. The van der Waals surface area contributed by atoms with Crippen molar-refractivity contribution in [3.8, 4) is 5.75 Å². The van der Waals surface area contributed by atoms with Gasteiger partial charge in [-0.1, -0.05) is 39.0 Å². The van der Waals surface area contributed by atoms with Crippen molar-refractivity contribution in [3.63, 3.8) is 0 Å². The van der Waals surface area contributed by atoms with Gasteiger partial charge in [0.2, 0.25) is 0 Å². The van der Waals surface area contributed by atoms with Gasteiger partial charge in [-0.05, 0) is 32.3 Å². The Balaban J connectivity index is 2.93. The number of hydrogen-bond acceptors (Lipinski definition) is 3. The number of hydrogen-bond donors (Lipinski definition) is 0. The summed E-state index contributed by atoms with van der Waals surface area (Å²) >= 11 is 0. The van der Waals surface area contributed by atoms with Crippen molar-refractivity contribution in [3.05, 3.63) is 29.8 Å². The summed E-state index contributed by atoms with van der Waals surface area (Å²) in [5.74, 6) is 0.952. The summed E-state index contributed by atoms with van der Waals surface area (Å²) < 4.78 is 11.2. The van der Waals surface area contributed by atoms with Crippen LogP contribution in [0.1, 0.15) is 46.6 Å². The lowest BCUT2D eigenvalue weighted by atomic mass is 9.89. The number of rotatable bonds is 7. The summed E-state index contributed by atoms with van der Waals surface area (Å²) in [7, 11) is 0. The molecule has 3 nitrogen and oxygen atoms in total. The quantitative estimate of drug-likeness (QED) is 0.707. The average Bonchev–Trinajstić information content (AvgIpc) is 2.41. The van der Waals surface area contributed by atoms with Crippen LogP contribution in [0.25, 0.3) is 0 Å². The third kappa shape index (κ3) is 4.26. The smallest absolute Gasteiger partial charge is 0.310 e. The van der Waals surface area contributed by atoms with Crippen LogP contribution in [0.15, 0.2) is 24.3 Å². The van der Waals surface area contributed by atoms with Gasteiger partial charge in [0.25, 0.3) is 0 Å². The predicted octanol–water partition coefficient (Wildman–Crippen LogP) is 4.00. The topological polar surface area (TPSA) is 35.5 Å². The van der Waals surface area contributed by atoms with Crippen LogP contribution in [0, 0.1) is 5.92 Å². The van der Waals surface area contributed by atoms with Gasteiger partial charge in [0.1, 0.15) is 11.4 Å². The fourth-order valence-corrected chi connectivity index (χ4v) is 1.97. The maximum Gasteiger partial charge on any atom is 0.310 e.